The fourth-order valence-corrected chi connectivity index (χ4v) is 3.12. The van der Waals surface area contributed by atoms with E-state index in [4.69, 9.17) is 9.97 Å². The van der Waals surface area contributed by atoms with Crippen molar-refractivity contribution in [2.45, 2.75) is 39.2 Å². The van der Waals surface area contributed by atoms with E-state index in [2.05, 4.69) is 24.1 Å². The average Bonchev–Trinajstić information content (AvgIpc) is 2.95. The Hall–Kier alpha value is -1.68. The minimum atomic E-state index is 0.547. The zero-order valence-corrected chi connectivity index (χ0v) is 13.0. The van der Waals surface area contributed by atoms with Gasteiger partial charge in [0.1, 0.15) is 0 Å². The third kappa shape index (κ3) is 3.00. The summed E-state index contributed by atoms with van der Waals surface area (Å²) in [6, 6.07) is 8.67. The number of rotatable bonds is 5. The molecule has 0 radical (unpaired) electrons. The van der Waals surface area contributed by atoms with Crippen molar-refractivity contribution in [3.63, 3.8) is 0 Å². The predicted octanol–water partition coefficient (Wildman–Crippen LogP) is 2.91. The molecule has 1 aliphatic rings. The molecule has 1 fully saturated rings. The van der Waals surface area contributed by atoms with Gasteiger partial charge in [0.05, 0.1) is 16.7 Å². The molecule has 3 rings (SSSR count). The van der Waals surface area contributed by atoms with Crippen LogP contribution in [0.3, 0.4) is 0 Å². The van der Waals surface area contributed by atoms with Crippen molar-refractivity contribution in [1.82, 2.24) is 15.3 Å². The Bertz CT molecular complexity index is 611. The lowest BCUT2D eigenvalue weighted by molar-refractivity contribution is 0.568. The van der Waals surface area contributed by atoms with E-state index in [9.17, 15) is 0 Å². The Morgan fingerprint density at radius 1 is 1.24 bits per heavy atom. The standard InChI is InChI=1S/C17H24N4/c1-3-10-18-12-14-7-6-11-21(14)17-13(2)19-15-8-4-5-9-16(15)20-17/h4-5,8-9,14,18H,3,6-7,10-12H2,1-2H3. The number of aryl methyl sites for hydroxylation is 1. The van der Waals surface area contributed by atoms with Gasteiger partial charge in [-0.2, -0.15) is 0 Å². The van der Waals surface area contributed by atoms with Crippen LogP contribution in [0.5, 0.6) is 0 Å². The van der Waals surface area contributed by atoms with E-state index < -0.39 is 0 Å². The number of aromatic nitrogens is 2. The van der Waals surface area contributed by atoms with Gasteiger partial charge in [-0.15, -0.1) is 0 Å². The number of fused-ring (bicyclic) bond motifs is 1. The first-order valence-electron chi connectivity index (χ1n) is 8.00. The van der Waals surface area contributed by atoms with Gasteiger partial charge in [-0.3, -0.25) is 0 Å². The number of benzene rings is 1. The monoisotopic (exact) mass is 284 g/mol. The highest BCUT2D eigenvalue weighted by molar-refractivity contribution is 5.76. The van der Waals surface area contributed by atoms with Crippen molar-refractivity contribution in [1.29, 1.82) is 0 Å². The zero-order chi connectivity index (χ0) is 14.7. The normalized spacial score (nSPS) is 18.6. The summed E-state index contributed by atoms with van der Waals surface area (Å²) in [6.07, 6.45) is 3.67. The molecule has 112 valence electrons. The molecule has 1 aromatic carbocycles. The third-order valence-corrected chi connectivity index (χ3v) is 4.18. The van der Waals surface area contributed by atoms with Gasteiger partial charge in [-0.25, -0.2) is 9.97 Å². The Morgan fingerprint density at radius 2 is 2.00 bits per heavy atom. The van der Waals surface area contributed by atoms with E-state index in [1.807, 2.05) is 24.3 Å². The molecule has 21 heavy (non-hydrogen) atoms. The van der Waals surface area contributed by atoms with Gasteiger partial charge in [0.25, 0.3) is 0 Å². The summed E-state index contributed by atoms with van der Waals surface area (Å²) in [5.74, 6) is 1.06. The summed E-state index contributed by atoms with van der Waals surface area (Å²) in [5.41, 5.74) is 3.01. The van der Waals surface area contributed by atoms with Crippen LogP contribution in [0.4, 0.5) is 5.82 Å². The van der Waals surface area contributed by atoms with Crippen molar-refractivity contribution < 1.29 is 0 Å². The summed E-state index contributed by atoms with van der Waals surface area (Å²) >= 11 is 0. The van der Waals surface area contributed by atoms with Gasteiger partial charge in [0.15, 0.2) is 5.82 Å². The van der Waals surface area contributed by atoms with E-state index in [1.54, 1.807) is 0 Å². The van der Waals surface area contributed by atoms with Crippen LogP contribution < -0.4 is 10.2 Å². The summed E-state index contributed by atoms with van der Waals surface area (Å²) in [6.45, 7) is 7.50. The SMILES string of the molecule is CCCNCC1CCCN1c1nc2ccccc2nc1C. The van der Waals surface area contributed by atoms with Gasteiger partial charge >= 0.3 is 0 Å². The molecule has 1 N–H and O–H groups in total. The molecule has 0 spiro atoms. The Kier molecular flexibility index (Phi) is 4.34. The van der Waals surface area contributed by atoms with Crippen LogP contribution in [-0.2, 0) is 0 Å². The molecule has 4 nitrogen and oxygen atoms in total. The molecule has 1 aromatic heterocycles. The second-order valence-corrected chi connectivity index (χ2v) is 5.81. The minimum Gasteiger partial charge on any atom is -0.351 e. The van der Waals surface area contributed by atoms with Gasteiger partial charge in [-0.05, 0) is 44.9 Å². The van der Waals surface area contributed by atoms with E-state index in [-0.39, 0.29) is 0 Å². The molecule has 1 atom stereocenters. The Labute approximate surface area is 126 Å². The fraction of sp³-hybridized carbons (Fsp3) is 0.529. The third-order valence-electron chi connectivity index (χ3n) is 4.18. The van der Waals surface area contributed by atoms with Gasteiger partial charge in [0.2, 0.25) is 0 Å². The number of nitrogens with zero attached hydrogens (tertiary/aromatic N) is 3. The maximum atomic E-state index is 4.87. The highest BCUT2D eigenvalue weighted by atomic mass is 15.3. The van der Waals surface area contributed by atoms with Crippen LogP contribution >= 0.6 is 0 Å². The van der Waals surface area contributed by atoms with Gasteiger partial charge < -0.3 is 10.2 Å². The summed E-state index contributed by atoms with van der Waals surface area (Å²) in [7, 11) is 0. The van der Waals surface area contributed by atoms with Gasteiger partial charge in [0, 0.05) is 19.1 Å². The second kappa shape index (κ2) is 6.39. The van der Waals surface area contributed by atoms with Crippen LogP contribution in [0.25, 0.3) is 11.0 Å². The molecule has 1 saturated heterocycles. The van der Waals surface area contributed by atoms with E-state index in [0.29, 0.717) is 6.04 Å². The first-order chi connectivity index (χ1) is 10.3. The molecule has 0 aliphatic carbocycles. The van der Waals surface area contributed by atoms with Crippen molar-refractivity contribution in [3.8, 4) is 0 Å². The molecule has 0 bridgehead atoms. The number of para-hydroxylation sites is 2. The fourth-order valence-electron chi connectivity index (χ4n) is 3.12. The highest BCUT2D eigenvalue weighted by Crippen LogP contribution is 2.27. The summed E-state index contributed by atoms with van der Waals surface area (Å²) < 4.78 is 0. The van der Waals surface area contributed by atoms with E-state index in [1.165, 1.54) is 19.3 Å². The molecular formula is C17H24N4. The highest BCUT2D eigenvalue weighted by Gasteiger charge is 2.27. The molecular weight excluding hydrogens is 260 g/mol. The number of hydrogen-bond acceptors (Lipinski definition) is 4. The number of nitrogens with one attached hydrogen (secondary N) is 1. The predicted molar refractivity (Wildman–Crippen MR) is 87.8 cm³/mol. The van der Waals surface area contributed by atoms with Crippen LogP contribution in [0.15, 0.2) is 24.3 Å². The van der Waals surface area contributed by atoms with Crippen LogP contribution in [0.1, 0.15) is 31.9 Å². The van der Waals surface area contributed by atoms with Crippen LogP contribution in [-0.4, -0.2) is 35.6 Å². The zero-order valence-electron chi connectivity index (χ0n) is 13.0. The first-order valence-corrected chi connectivity index (χ1v) is 8.00. The molecule has 0 amide bonds. The molecule has 1 aliphatic heterocycles. The van der Waals surface area contributed by atoms with E-state index >= 15 is 0 Å². The molecule has 4 heteroatoms. The Morgan fingerprint density at radius 3 is 2.76 bits per heavy atom. The maximum absolute atomic E-state index is 4.87. The second-order valence-electron chi connectivity index (χ2n) is 5.81. The van der Waals surface area contributed by atoms with Crippen LogP contribution in [0, 0.1) is 6.92 Å². The topological polar surface area (TPSA) is 41.0 Å². The summed E-state index contributed by atoms with van der Waals surface area (Å²) in [5, 5.41) is 3.54. The largest absolute Gasteiger partial charge is 0.351 e. The van der Waals surface area contributed by atoms with Crippen molar-refractivity contribution in [3.05, 3.63) is 30.0 Å². The average molecular weight is 284 g/mol. The number of hydrogen-bond donors (Lipinski definition) is 1. The van der Waals surface area contributed by atoms with Crippen molar-refractivity contribution in [2.75, 3.05) is 24.5 Å². The quantitative estimate of drug-likeness (QED) is 0.857. The first kappa shape index (κ1) is 14.3. The molecule has 1 unspecified atom stereocenters. The molecule has 0 saturated carbocycles. The lowest BCUT2D eigenvalue weighted by atomic mass is 10.2. The van der Waals surface area contributed by atoms with Crippen molar-refractivity contribution >= 4 is 16.9 Å². The van der Waals surface area contributed by atoms with E-state index in [0.717, 1.165) is 42.2 Å². The molecule has 2 heterocycles. The lowest BCUT2D eigenvalue weighted by Gasteiger charge is -2.27. The minimum absolute atomic E-state index is 0.547. The molecule has 2 aromatic rings. The number of anilines is 1. The Balaban J connectivity index is 1.86. The summed E-state index contributed by atoms with van der Waals surface area (Å²) in [4.78, 5) is 12.0. The van der Waals surface area contributed by atoms with Crippen molar-refractivity contribution in [2.24, 2.45) is 0 Å². The smallest absolute Gasteiger partial charge is 0.151 e. The van der Waals surface area contributed by atoms with Gasteiger partial charge in [-0.1, -0.05) is 19.1 Å². The maximum Gasteiger partial charge on any atom is 0.151 e. The van der Waals surface area contributed by atoms with Crippen LogP contribution in [0.2, 0.25) is 0 Å². The lowest BCUT2D eigenvalue weighted by Crippen LogP contribution is -2.39.